The highest BCUT2D eigenvalue weighted by Crippen LogP contribution is 2.24. The molecule has 17 heavy (non-hydrogen) atoms. The summed E-state index contributed by atoms with van der Waals surface area (Å²) in [5, 5.41) is 11.5. The van der Waals surface area contributed by atoms with Crippen molar-refractivity contribution in [3.8, 4) is 5.75 Å². The molecule has 0 amide bonds. The molecule has 0 atom stereocenters. The molecule has 0 spiro atoms. The lowest BCUT2D eigenvalue weighted by Crippen LogP contribution is -2.38. The second-order valence-electron chi connectivity index (χ2n) is 6.01. The van der Waals surface area contributed by atoms with Gasteiger partial charge in [-0.05, 0) is 31.0 Å². The van der Waals surface area contributed by atoms with Crippen molar-refractivity contribution in [2.75, 3.05) is 0 Å². The number of phenols is 1. The Labute approximate surface area is 104 Å². The minimum absolute atomic E-state index is 0.444. The third-order valence-electron chi connectivity index (χ3n) is 3.06. The van der Waals surface area contributed by atoms with Crippen LogP contribution in [0.15, 0.2) is 17.1 Å². The van der Waals surface area contributed by atoms with Crippen LogP contribution in [0.2, 0.25) is 19.6 Å². The fourth-order valence-electron chi connectivity index (χ4n) is 1.89. The lowest BCUT2D eigenvalue weighted by Gasteiger charge is -2.20. The first-order chi connectivity index (χ1) is 7.88. The Kier molecular flexibility index (Phi) is 3.12. The maximum atomic E-state index is 10.3. The van der Waals surface area contributed by atoms with E-state index in [2.05, 4.69) is 37.6 Å². The van der Waals surface area contributed by atoms with E-state index in [0.717, 1.165) is 10.8 Å². The molecule has 0 aromatic heterocycles. The smallest absolute Gasteiger partial charge is 0.123 e. The number of nitrogens with zero attached hydrogens (tertiary/aromatic N) is 1. The summed E-state index contributed by atoms with van der Waals surface area (Å²) in [4.78, 5) is 4.46. The Bertz CT molecular complexity index is 456. The molecule has 0 bridgehead atoms. The van der Waals surface area contributed by atoms with Crippen LogP contribution in [0.1, 0.15) is 24.0 Å². The van der Waals surface area contributed by atoms with Crippen molar-refractivity contribution < 1.29 is 5.11 Å². The second kappa shape index (κ2) is 4.30. The van der Waals surface area contributed by atoms with Gasteiger partial charge < -0.3 is 5.11 Å². The van der Waals surface area contributed by atoms with Gasteiger partial charge in [-0.2, -0.15) is 0 Å². The van der Waals surface area contributed by atoms with Gasteiger partial charge >= 0.3 is 0 Å². The number of phenolic OH excluding ortho intramolecular Hbond substituents is 1. The molecule has 0 heterocycles. The third-order valence-corrected chi connectivity index (χ3v) is 5.06. The van der Waals surface area contributed by atoms with E-state index in [1.54, 1.807) is 0 Å². The standard InChI is InChI=1S/C14H21NOSi/c1-10-7-11(9-15-12-5-6-12)14(16)13(8-10)17(2,3)4/h7-9,12,16H,5-6H2,1-4H3. The molecule has 1 fully saturated rings. The van der Waals surface area contributed by atoms with Crippen molar-refractivity contribution in [3.63, 3.8) is 0 Å². The minimum Gasteiger partial charge on any atom is -0.507 e. The summed E-state index contributed by atoms with van der Waals surface area (Å²) < 4.78 is 0. The van der Waals surface area contributed by atoms with Crippen molar-refractivity contribution in [3.05, 3.63) is 23.3 Å². The topological polar surface area (TPSA) is 32.6 Å². The van der Waals surface area contributed by atoms with Crippen molar-refractivity contribution in [2.24, 2.45) is 4.99 Å². The molecule has 1 aromatic carbocycles. The molecule has 1 aliphatic carbocycles. The predicted molar refractivity (Wildman–Crippen MR) is 76.4 cm³/mol. The van der Waals surface area contributed by atoms with E-state index >= 15 is 0 Å². The summed E-state index contributed by atoms with van der Waals surface area (Å²) in [6.45, 7) is 8.84. The highest BCUT2D eigenvalue weighted by atomic mass is 28.3. The molecule has 92 valence electrons. The van der Waals surface area contributed by atoms with Gasteiger partial charge in [0.1, 0.15) is 5.75 Å². The van der Waals surface area contributed by atoms with Crippen LogP contribution >= 0.6 is 0 Å². The maximum absolute atomic E-state index is 10.3. The van der Waals surface area contributed by atoms with Crippen molar-refractivity contribution in [1.29, 1.82) is 0 Å². The van der Waals surface area contributed by atoms with E-state index in [-0.39, 0.29) is 0 Å². The van der Waals surface area contributed by atoms with Gasteiger partial charge in [-0.3, -0.25) is 4.99 Å². The van der Waals surface area contributed by atoms with E-state index in [0.29, 0.717) is 11.8 Å². The summed E-state index contributed by atoms with van der Waals surface area (Å²) in [6, 6.07) is 4.64. The van der Waals surface area contributed by atoms with E-state index in [1.807, 2.05) is 12.3 Å². The van der Waals surface area contributed by atoms with E-state index in [9.17, 15) is 5.11 Å². The fourth-order valence-corrected chi connectivity index (χ4v) is 3.40. The van der Waals surface area contributed by atoms with Gasteiger partial charge in [0.05, 0.1) is 14.1 Å². The molecule has 1 aliphatic rings. The molecule has 0 radical (unpaired) electrons. The lowest BCUT2D eigenvalue weighted by molar-refractivity contribution is 0.478. The normalized spacial score (nSPS) is 16.7. The number of aryl methyl sites for hydroxylation is 1. The second-order valence-corrected chi connectivity index (χ2v) is 11.0. The zero-order chi connectivity index (χ0) is 12.6. The Morgan fingerprint density at radius 3 is 2.47 bits per heavy atom. The fraction of sp³-hybridized carbons (Fsp3) is 0.500. The van der Waals surface area contributed by atoms with Crippen LogP contribution in [-0.2, 0) is 0 Å². The van der Waals surface area contributed by atoms with Crippen molar-refractivity contribution in [2.45, 2.75) is 45.4 Å². The van der Waals surface area contributed by atoms with Crippen LogP contribution in [0.25, 0.3) is 0 Å². The minimum atomic E-state index is -1.49. The molecule has 2 nitrogen and oxygen atoms in total. The Hall–Kier alpha value is -1.09. The average molecular weight is 247 g/mol. The average Bonchev–Trinajstić information content (AvgIpc) is 3.01. The summed E-state index contributed by atoms with van der Waals surface area (Å²) in [5.41, 5.74) is 2.09. The van der Waals surface area contributed by atoms with Crippen molar-refractivity contribution in [1.82, 2.24) is 0 Å². The Morgan fingerprint density at radius 1 is 1.29 bits per heavy atom. The molecule has 3 heteroatoms. The third kappa shape index (κ3) is 2.97. The summed E-state index contributed by atoms with van der Waals surface area (Å²) in [5.74, 6) is 0.444. The van der Waals surface area contributed by atoms with Gasteiger partial charge in [0.2, 0.25) is 0 Å². The number of aromatic hydroxyl groups is 1. The van der Waals surface area contributed by atoms with Crippen molar-refractivity contribution >= 4 is 19.5 Å². The molecule has 0 aliphatic heterocycles. The van der Waals surface area contributed by atoms with Crippen LogP contribution < -0.4 is 5.19 Å². The predicted octanol–water partition coefficient (Wildman–Crippen LogP) is 2.83. The number of hydrogen-bond acceptors (Lipinski definition) is 2. The van der Waals surface area contributed by atoms with Crippen LogP contribution in [0.5, 0.6) is 5.75 Å². The summed E-state index contributed by atoms with van der Waals surface area (Å²) in [6.07, 6.45) is 4.25. The number of benzene rings is 1. The van der Waals surface area contributed by atoms with E-state index < -0.39 is 8.07 Å². The molecule has 1 saturated carbocycles. The first-order valence-corrected chi connectivity index (χ1v) is 9.75. The SMILES string of the molecule is Cc1cc(C=NC2CC2)c(O)c([Si](C)(C)C)c1. The first-order valence-electron chi connectivity index (χ1n) is 6.25. The number of rotatable bonds is 3. The van der Waals surface area contributed by atoms with E-state index in [1.165, 1.54) is 18.4 Å². The molecular formula is C14H21NOSi. The molecule has 2 rings (SSSR count). The number of hydrogen-bond donors (Lipinski definition) is 1. The largest absolute Gasteiger partial charge is 0.507 e. The quantitative estimate of drug-likeness (QED) is 0.646. The summed E-state index contributed by atoms with van der Waals surface area (Å²) in [7, 11) is -1.49. The summed E-state index contributed by atoms with van der Waals surface area (Å²) >= 11 is 0. The molecule has 0 saturated heterocycles. The zero-order valence-electron chi connectivity index (χ0n) is 11.1. The highest BCUT2D eigenvalue weighted by Gasteiger charge is 2.23. The van der Waals surface area contributed by atoms with Gasteiger partial charge in [-0.15, -0.1) is 0 Å². The van der Waals surface area contributed by atoms with Gasteiger partial charge in [0.15, 0.2) is 0 Å². The van der Waals surface area contributed by atoms with Gasteiger partial charge in [0, 0.05) is 11.8 Å². The molecule has 1 N–H and O–H groups in total. The monoisotopic (exact) mass is 247 g/mol. The first kappa shape index (κ1) is 12.4. The van der Waals surface area contributed by atoms with E-state index in [4.69, 9.17) is 0 Å². The zero-order valence-corrected chi connectivity index (χ0v) is 12.1. The maximum Gasteiger partial charge on any atom is 0.123 e. The van der Waals surface area contributed by atoms with Crippen LogP contribution in [-0.4, -0.2) is 25.4 Å². The molecule has 1 aromatic rings. The lowest BCUT2D eigenvalue weighted by atomic mass is 10.1. The number of aliphatic imine (C=N–C) groups is 1. The van der Waals surface area contributed by atoms with Gasteiger partial charge in [-0.25, -0.2) is 0 Å². The molecular weight excluding hydrogens is 226 g/mol. The van der Waals surface area contributed by atoms with Gasteiger partial charge in [-0.1, -0.05) is 31.3 Å². The Balaban J connectivity index is 2.41. The van der Waals surface area contributed by atoms with Gasteiger partial charge in [0.25, 0.3) is 0 Å². The van der Waals surface area contributed by atoms with Crippen LogP contribution in [0.4, 0.5) is 0 Å². The highest BCUT2D eigenvalue weighted by molar-refractivity contribution is 6.89. The Morgan fingerprint density at radius 2 is 1.94 bits per heavy atom. The van der Waals surface area contributed by atoms with Crippen LogP contribution in [0, 0.1) is 6.92 Å². The van der Waals surface area contributed by atoms with Crippen LogP contribution in [0.3, 0.4) is 0 Å². The molecule has 0 unspecified atom stereocenters.